The smallest absolute Gasteiger partial charge is 0.261 e. The Hall–Kier alpha value is -1.85. The maximum Gasteiger partial charge on any atom is 0.261 e. The van der Waals surface area contributed by atoms with Crippen LogP contribution in [0.15, 0.2) is 53.4 Å². The number of halogens is 1. The molecule has 0 aliphatic rings. The lowest BCUT2D eigenvalue weighted by molar-refractivity contribution is 0.101. The summed E-state index contributed by atoms with van der Waals surface area (Å²) in [5.74, 6) is -0.226. The third kappa shape index (κ3) is 3.18. The number of Topliss-reactive ketones (excluding diaryl/α,β-unsaturated/α-hetero) is 1. The van der Waals surface area contributed by atoms with E-state index in [1.807, 2.05) is 0 Å². The SMILES string of the molecule is CC(=O)c1cc(NS(=O)(=O)c2ccccc2)ccc1Cl. The quantitative estimate of drug-likeness (QED) is 0.881. The number of carbonyl (C=O) groups is 1. The van der Waals surface area contributed by atoms with Crippen LogP contribution in [0.4, 0.5) is 5.69 Å². The molecule has 2 aromatic carbocycles. The second kappa shape index (κ2) is 5.64. The number of hydrogen-bond acceptors (Lipinski definition) is 3. The number of carbonyl (C=O) groups excluding carboxylic acids is 1. The molecule has 0 bridgehead atoms. The number of sulfonamides is 1. The summed E-state index contributed by atoms with van der Waals surface area (Å²) < 4.78 is 26.7. The number of hydrogen-bond donors (Lipinski definition) is 1. The van der Waals surface area contributed by atoms with Gasteiger partial charge in [-0.1, -0.05) is 29.8 Å². The van der Waals surface area contributed by atoms with E-state index in [0.717, 1.165) is 0 Å². The third-order valence-electron chi connectivity index (χ3n) is 2.65. The summed E-state index contributed by atoms with van der Waals surface area (Å²) in [7, 11) is -3.67. The van der Waals surface area contributed by atoms with Gasteiger partial charge in [-0.05, 0) is 37.3 Å². The van der Waals surface area contributed by atoms with Crippen LogP contribution in [0.2, 0.25) is 5.02 Å². The van der Waals surface area contributed by atoms with Crippen LogP contribution in [-0.4, -0.2) is 14.2 Å². The Morgan fingerprint density at radius 2 is 1.75 bits per heavy atom. The minimum Gasteiger partial charge on any atom is -0.294 e. The van der Waals surface area contributed by atoms with Crippen molar-refractivity contribution in [2.75, 3.05) is 4.72 Å². The van der Waals surface area contributed by atoms with Crippen LogP contribution < -0.4 is 4.72 Å². The molecule has 6 heteroatoms. The van der Waals surface area contributed by atoms with Gasteiger partial charge in [0.15, 0.2) is 5.78 Å². The van der Waals surface area contributed by atoms with E-state index in [2.05, 4.69) is 4.72 Å². The monoisotopic (exact) mass is 309 g/mol. The van der Waals surface area contributed by atoms with Crippen LogP contribution in [0.1, 0.15) is 17.3 Å². The van der Waals surface area contributed by atoms with Gasteiger partial charge >= 0.3 is 0 Å². The molecule has 0 atom stereocenters. The standard InChI is InChI=1S/C14H12ClNO3S/c1-10(17)13-9-11(7-8-14(13)15)16-20(18,19)12-5-3-2-4-6-12/h2-9,16H,1H3. The van der Waals surface area contributed by atoms with Crippen molar-refractivity contribution < 1.29 is 13.2 Å². The Morgan fingerprint density at radius 3 is 2.35 bits per heavy atom. The van der Waals surface area contributed by atoms with E-state index < -0.39 is 10.0 Å². The first-order chi connectivity index (χ1) is 9.40. The molecule has 0 amide bonds. The van der Waals surface area contributed by atoms with E-state index in [0.29, 0.717) is 10.7 Å². The van der Waals surface area contributed by atoms with Gasteiger partial charge in [0.1, 0.15) is 0 Å². The maximum absolute atomic E-state index is 12.1. The molecule has 0 saturated heterocycles. The molecule has 0 saturated carbocycles. The summed E-state index contributed by atoms with van der Waals surface area (Å²) >= 11 is 5.88. The van der Waals surface area contributed by atoms with Crippen LogP contribution in [0.25, 0.3) is 0 Å². The predicted octanol–water partition coefficient (Wildman–Crippen LogP) is 3.34. The van der Waals surface area contributed by atoms with Crippen molar-refractivity contribution in [2.45, 2.75) is 11.8 Å². The summed E-state index contributed by atoms with van der Waals surface area (Å²) in [5, 5.41) is 0.292. The molecular weight excluding hydrogens is 298 g/mol. The van der Waals surface area contributed by atoms with Crippen molar-refractivity contribution in [1.29, 1.82) is 0 Å². The van der Waals surface area contributed by atoms with Crippen molar-refractivity contribution in [3.63, 3.8) is 0 Å². The second-order valence-corrected chi connectivity index (χ2v) is 6.26. The molecule has 2 aromatic rings. The van der Waals surface area contributed by atoms with E-state index in [1.54, 1.807) is 18.2 Å². The first-order valence-electron chi connectivity index (χ1n) is 5.78. The first-order valence-corrected chi connectivity index (χ1v) is 7.64. The molecule has 0 fully saturated rings. The first kappa shape index (κ1) is 14.6. The van der Waals surface area contributed by atoms with Crippen molar-refractivity contribution in [1.82, 2.24) is 0 Å². The fourth-order valence-electron chi connectivity index (χ4n) is 1.67. The zero-order chi connectivity index (χ0) is 14.8. The van der Waals surface area contributed by atoms with Crippen molar-refractivity contribution >= 4 is 33.1 Å². The average molecular weight is 310 g/mol. The molecule has 0 spiro atoms. The largest absolute Gasteiger partial charge is 0.294 e. The number of nitrogens with one attached hydrogen (secondary N) is 1. The molecule has 104 valence electrons. The predicted molar refractivity (Wildman–Crippen MR) is 78.7 cm³/mol. The zero-order valence-corrected chi connectivity index (χ0v) is 12.2. The van der Waals surface area contributed by atoms with Crippen LogP contribution in [0.5, 0.6) is 0 Å². The summed E-state index contributed by atoms with van der Waals surface area (Å²) in [6.45, 7) is 1.37. The van der Waals surface area contributed by atoms with Gasteiger partial charge in [-0.25, -0.2) is 8.42 Å². The van der Waals surface area contributed by atoms with Crippen LogP contribution in [0, 0.1) is 0 Å². The van der Waals surface area contributed by atoms with E-state index in [4.69, 9.17) is 11.6 Å². The summed E-state index contributed by atoms with van der Waals surface area (Å²) in [6.07, 6.45) is 0. The molecule has 0 aliphatic carbocycles. The Balaban J connectivity index is 2.36. The fourth-order valence-corrected chi connectivity index (χ4v) is 2.99. The lowest BCUT2D eigenvalue weighted by atomic mass is 10.1. The number of benzene rings is 2. The van der Waals surface area contributed by atoms with Crippen molar-refractivity contribution in [3.05, 3.63) is 59.1 Å². The van der Waals surface area contributed by atoms with Gasteiger partial charge in [0, 0.05) is 11.3 Å². The molecule has 0 heterocycles. The molecule has 0 aromatic heterocycles. The van der Waals surface area contributed by atoms with Crippen LogP contribution >= 0.6 is 11.6 Å². The van der Waals surface area contributed by atoms with E-state index >= 15 is 0 Å². The lowest BCUT2D eigenvalue weighted by Gasteiger charge is -2.09. The lowest BCUT2D eigenvalue weighted by Crippen LogP contribution is -2.13. The third-order valence-corrected chi connectivity index (χ3v) is 4.38. The van der Waals surface area contributed by atoms with Crippen molar-refractivity contribution in [2.24, 2.45) is 0 Å². The minimum absolute atomic E-state index is 0.152. The maximum atomic E-state index is 12.1. The molecule has 4 nitrogen and oxygen atoms in total. The normalized spacial score (nSPS) is 11.1. The number of ketones is 1. The molecular formula is C14H12ClNO3S. The summed E-state index contributed by atoms with van der Waals surface area (Å²) in [6, 6.07) is 12.4. The zero-order valence-electron chi connectivity index (χ0n) is 10.6. The average Bonchev–Trinajstić information content (AvgIpc) is 2.41. The molecule has 2 rings (SSSR count). The highest BCUT2D eigenvalue weighted by molar-refractivity contribution is 7.92. The summed E-state index contributed by atoms with van der Waals surface area (Å²) in [4.78, 5) is 11.5. The Bertz CT molecular complexity index is 742. The highest BCUT2D eigenvalue weighted by Gasteiger charge is 2.15. The highest BCUT2D eigenvalue weighted by atomic mass is 35.5. The molecule has 0 unspecified atom stereocenters. The second-order valence-electron chi connectivity index (χ2n) is 4.17. The molecule has 0 aliphatic heterocycles. The van der Waals surface area contributed by atoms with E-state index in [9.17, 15) is 13.2 Å². The minimum atomic E-state index is -3.67. The number of anilines is 1. The van der Waals surface area contributed by atoms with Gasteiger partial charge in [-0.3, -0.25) is 9.52 Å². The van der Waals surface area contributed by atoms with Crippen LogP contribution in [-0.2, 0) is 10.0 Å². The van der Waals surface area contributed by atoms with Crippen LogP contribution in [0.3, 0.4) is 0 Å². The van der Waals surface area contributed by atoms with E-state index in [1.165, 1.54) is 37.3 Å². The van der Waals surface area contributed by atoms with Crippen molar-refractivity contribution in [3.8, 4) is 0 Å². The number of rotatable bonds is 4. The van der Waals surface area contributed by atoms with Gasteiger partial charge in [-0.2, -0.15) is 0 Å². The topological polar surface area (TPSA) is 63.2 Å². The van der Waals surface area contributed by atoms with Gasteiger partial charge in [0.25, 0.3) is 10.0 Å². The fraction of sp³-hybridized carbons (Fsp3) is 0.0714. The highest BCUT2D eigenvalue weighted by Crippen LogP contribution is 2.23. The van der Waals surface area contributed by atoms with Gasteiger partial charge in [0.2, 0.25) is 0 Å². The Morgan fingerprint density at radius 1 is 1.10 bits per heavy atom. The Labute approximate surface area is 122 Å². The Kier molecular flexibility index (Phi) is 4.11. The molecule has 1 N–H and O–H groups in total. The van der Waals surface area contributed by atoms with Gasteiger partial charge < -0.3 is 0 Å². The molecule has 0 radical (unpaired) electrons. The van der Waals surface area contributed by atoms with E-state index in [-0.39, 0.29) is 16.2 Å². The summed E-state index contributed by atoms with van der Waals surface area (Å²) in [5.41, 5.74) is 0.573. The van der Waals surface area contributed by atoms with Gasteiger partial charge in [0.05, 0.1) is 9.92 Å². The molecule has 20 heavy (non-hydrogen) atoms. The van der Waals surface area contributed by atoms with Gasteiger partial charge in [-0.15, -0.1) is 0 Å².